The van der Waals surface area contributed by atoms with Crippen LogP contribution in [0.25, 0.3) is 10.2 Å². The van der Waals surface area contributed by atoms with Crippen molar-refractivity contribution in [2.75, 3.05) is 17.6 Å². The quantitative estimate of drug-likeness (QED) is 0.853. The first kappa shape index (κ1) is 11.4. The molecule has 1 aromatic carbocycles. The van der Waals surface area contributed by atoms with Crippen LogP contribution in [0.1, 0.15) is 5.01 Å². The van der Waals surface area contributed by atoms with E-state index in [2.05, 4.69) is 32.8 Å². The van der Waals surface area contributed by atoms with Crippen molar-refractivity contribution in [1.82, 2.24) is 4.98 Å². The van der Waals surface area contributed by atoms with Gasteiger partial charge in [-0.2, -0.15) is 0 Å². The zero-order valence-electron chi connectivity index (χ0n) is 8.88. The van der Waals surface area contributed by atoms with Gasteiger partial charge in [0.1, 0.15) is 0 Å². The van der Waals surface area contributed by atoms with Crippen LogP contribution >= 0.6 is 27.3 Å². The van der Waals surface area contributed by atoms with Crippen LogP contribution in [0.5, 0.6) is 0 Å². The number of anilines is 2. The van der Waals surface area contributed by atoms with Gasteiger partial charge in [0.25, 0.3) is 0 Å². The molecule has 5 heteroatoms. The van der Waals surface area contributed by atoms with Gasteiger partial charge in [0, 0.05) is 11.0 Å². The minimum Gasteiger partial charge on any atom is -0.397 e. The van der Waals surface area contributed by atoms with Crippen LogP contribution < -0.4 is 11.1 Å². The Balaban J connectivity index is 2.37. The Kier molecular flexibility index (Phi) is 3.16. The Bertz CT molecular complexity index is 547. The minimum absolute atomic E-state index is 0.652. The summed E-state index contributed by atoms with van der Waals surface area (Å²) in [6, 6.07) is 3.93. The van der Waals surface area contributed by atoms with E-state index in [4.69, 9.17) is 5.73 Å². The summed E-state index contributed by atoms with van der Waals surface area (Å²) in [5.74, 6) is 0. The number of hydrogen-bond donors (Lipinski definition) is 2. The highest BCUT2D eigenvalue weighted by Crippen LogP contribution is 2.29. The molecule has 0 unspecified atom stereocenters. The lowest BCUT2D eigenvalue weighted by Gasteiger charge is -2.08. The van der Waals surface area contributed by atoms with Crippen molar-refractivity contribution in [2.45, 2.75) is 6.92 Å². The molecule has 1 heterocycles. The van der Waals surface area contributed by atoms with Gasteiger partial charge in [-0.05, 0) is 19.1 Å². The zero-order chi connectivity index (χ0) is 11.7. The molecule has 3 N–H and O–H groups in total. The van der Waals surface area contributed by atoms with Crippen molar-refractivity contribution in [1.29, 1.82) is 0 Å². The first-order valence-corrected chi connectivity index (χ1v) is 6.41. The first-order chi connectivity index (χ1) is 7.56. The van der Waals surface area contributed by atoms with Crippen LogP contribution in [0.15, 0.2) is 23.2 Å². The predicted molar refractivity (Wildman–Crippen MR) is 75.3 cm³/mol. The first-order valence-electron chi connectivity index (χ1n) is 4.80. The van der Waals surface area contributed by atoms with Gasteiger partial charge in [-0.15, -0.1) is 11.3 Å². The Morgan fingerprint density at radius 3 is 3.06 bits per heavy atom. The van der Waals surface area contributed by atoms with E-state index in [1.165, 1.54) is 0 Å². The normalized spacial score (nSPS) is 10.6. The monoisotopic (exact) mass is 297 g/mol. The van der Waals surface area contributed by atoms with Crippen LogP contribution in [0.4, 0.5) is 11.4 Å². The van der Waals surface area contributed by atoms with E-state index in [-0.39, 0.29) is 0 Å². The van der Waals surface area contributed by atoms with E-state index in [0.29, 0.717) is 6.54 Å². The highest BCUT2D eigenvalue weighted by Gasteiger charge is 2.05. The molecule has 1 aromatic heterocycles. The number of nitrogen functional groups attached to an aromatic ring is 1. The molecule has 16 heavy (non-hydrogen) atoms. The molecule has 2 rings (SSSR count). The Morgan fingerprint density at radius 2 is 2.38 bits per heavy atom. The number of nitrogens with zero attached hydrogens (tertiary/aromatic N) is 1. The van der Waals surface area contributed by atoms with Crippen molar-refractivity contribution in [3.63, 3.8) is 0 Å². The maximum atomic E-state index is 5.95. The van der Waals surface area contributed by atoms with Gasteiger partial charge in [-0.3, -0.25) is 0 Å². The molecule has 0 atom stereocenters. The van der Waals surface area contributed by atoms with E-state index in [1.807, 2.05) is 19.1 Å². The van der Waals surface area contributed by atoms with Gasteiger partial charge in [0.2, 0.25) is 0 Å². The number of halogens is 1. The molecule has 0 bridgehead atoms. The fourth-order valence-corrected chi connectivity index (χ4v) is 2.45. The Hall–Kier alpha value is -1.07. The zero-order valence-corrected chi connectivity index (χ0v) is 11.3. The number of thiazole rings is 1. The summed E-state index contributed by atoms with van der Waals surface area (Å²) >= 11 is 4.95. The van der Waals surface area contributed by atoms with Gasteiger partial charge in [0.15, 0.2) is 0 Å². The average Bonchev–Trinajstić information content (AvgIpc) is 2.53. The highest BCUT2D eigenvalue weighted by molar-refractivity contribution is 9.11. The second-order valence-electron chi connectivity index (χ2n) is 3.51. The summed E-state index contributed by atoms with van der Waals surface area (Å²) in [6.45, 7) is 6.41. The molecule has 3 nitrogen and oxygen atoms in total. The number of nitrogens with one attached hydrogen (secondary N) is 1. The minimum atomic E-state index is 0.652. The molecule has 84 valence electrons. The topological polar surface area (TPSA) is 50.9 Å². The molecule has 0 aliphatic heterocycles. The van der Waals surface area contributed by atoms with Crippen LogP contribution in [0.3, 0.4) is 0 Å². The number of benzene rings is 1. The van der Waals surface area contributed by atoms with Crippen LogP contribution in [-0.4, -0.2) is 11.5 Å². The number of aryl methyl sites for hydroxylation is 1. The molecule has 2 aromatic rings. The smallest absolute Gasteiger partial charge is 0.0907 e. The second kappa shape index (κ2) is 4.43. The molecule has 0 aliphatic carbocycles. The predicted octanol–water partition coefficient (Wildman–Crippen LogP) is 3.51. The van der Waals surface area contributed by atoms with E-state index in [0.717, 1.165) is 31.1 Å². The molecular weight excluding hydrogens is 286 g/mol. The van der Waals surface area contributed by atoms with Gasteiger partial charge in [0.05, 0.1) is 26.6 Å². The van der Waals surface area contributed by atoms with E-state index in [1.54, 1.807) is 11.3 Å². The van der Waals surface area contributed by atoms with E-state index in [9.17, 15) is 0 Å². The molecule has 0 saturated heterocycles. The highest BCUT2D eigenvalue weighted by atomic mass is 79.9. The van der Waals surface area contributed by atoms with Gasteiger partial charge in [-0.25, -0.2) is 4.98 Å². The maximum absolute atomic E-state index is 5.95. The standard InChI is InChI=1S/C11H12BrN3S/c1-6(12)5-14-9-4-10-11(3-8(9)13)16-7(2)15-10/h3-4,14H,1,5,13H2,2H3. The van der Waals surface area contributed by atoms with E-state index < -0.39 is 0 Å². The number of nitrogens with two attached hydrogens (primary N) is 1. The van der Waals surface area contributed by atoms with Crippen LogP contribution in [-0.2, 0) is 0 Å². The molecule has 0 fully saturated rings. The van der Waals surface area contributed by atoms with E-state index >= 15 is 0 Å². The fourth-order valence-electron chi connectivity index (χ4n) is 1.45. The van der Waals surface area contributed by atoms with Gasteiger partial charge < -0.3 is 11.1 Å². The lowest BCUT2D eigenvalue weighted by atomic mass is 10.2. The average molecular weight is 298 g/mol. The third-order valence-corrected chi connectivity index (χ3v) is 3.35. The summed E-state index contributed by atoms with van der Waals surface area (Å²) in [5, 5.41) is 4.26. The van der Waals surface area contributed by atoms with Gasteiger partial charge in [-0.1, -0.05) is 22.5 Å². The molecule has 0 amide bonds. The number of hydrogen-bond acceptors (Lipinski definition) is 4. The number of rotatable bonds is 3. The van der Waals surface area contributed by atoms with Gasteiger partial charge >= 0.3 is 0 Å². The third kappa shape index (κ3) is 2.36. The molecule has 0 radical (unpaired) electrons. The molecule has 0 saturated carbocycles. The molecule has 0 aliphatic rings. The largest absolute Gasteiger partial charge is 0.397 e. The van der Waals surface area contributed by atoms with Crippen molar-refractivity contribution in [3.8, 4) is 0 Å². The lowest BCUT2D eigenvalue weighted by molar-refractivity contribution is 1.32. The summed E-state index contributed by atoms with van der Waals surface area (Å²) in [6.07, 6.45) is 0. The Labute approximate surface area is 107 Å². The lowest BCUT2D eigenvalue weighted by Crippen LogP contribution is -2.03. The van der Waals surface area contributed by atoms with Crippen LogP contribution in [0.2, 0.25) is 0 Å². The van der Waals surface area contributed by atoms with Crippen molar-refractivity contribution in [3.05, 3.63) is 28.2 Å². The summed E-state index contributed by atoms with van der Waals surface area (Å²) in [5.41, 5.74) is 8.58. The van der Waals surface area contributed by atoms with Crippen molar-refractivity contribution >= 4 is 48.9 Å². The number of aromatic nitrogens is 1. The maximum Gasteiger partial charge on any atom is 0.0907 e. The summed E-state index contributed by atoms with van der Waals surface area (Å²) < 4.78 is 2.01. The third-order valence-electron chi connectivity index (χ3n) is 2.14. The van der Waals surface area contributed by atoms with Crippen molar-refractivity contribution in [2.24, 2.45) is 0 Å². The molecule has 0 spiro atoms. The second-order valence-corrected chi connectivity index (χ2v) is 5.87. The number of fused-ring (bicyclic) bond motifs is 1. The van der Waals surface area contributed by atoms with Crippen LogP contribution in [0, 0.1) is 6.92 Å². The fraction of sp³-hybridized carbons (Fsp3) is 0.182. The van der Waals surface area contributed by atoms with Crippen molar-refractivity contribution < 1.29 is 0 Å². The summed E-state index contributed by atoms with van der Waals surface area (Å²) in [7, 11) is 0. The SMILES string of the molecule is C=C(Br)CNc1cc2nc(C)sc2cc1N. The Morgan fingerprint density at radius 1 is 1.62 bits per heavy atom. The summed E-state index contributed by atoms with van der Waals surface area (Å²) in [4.78, 5) is 4.43. The molecular formula is C11H12BrN3S.